The molecule has 1 fully saturated rings. The Hall–Kier alpha value is -0.690. The average Bonchev–Trinajstić information content (AvgIpc) is 2.87. The molecule has 0 aliphatic heterocycles. The molecule has 0 saturated heterocycles. The second kappa shape index (κ2) is 9.25. The highest BCUT2D eigenvalue weighted by Gasteiger charge is 2.26. The van der Waals surface area contributed by atoms with Crippen LogP contribution in [0.3, 0.4) is 0 Å². The maximum atomic E-state index is 10.9. The van der Waals surface area contributed by atoms with Crippen LogP contribution in [0.15, 0.2) is 0 Å². The van der Waals surface area contributed by atoms with Crippen LogP contribution in [0.5, 0.6) is 0 Å². The number of ether oxygens (including phenoxy) is 2. The van der Waals surface area contributed by atoms with Crippen molar-refractivity contribution >= 4 is 5.97 Å². The number of aliphatic hydroxyl groups excluding tert-OH is 1. The third kappa shape index (κ3) is 6.87. The molecule has 1 rings (SSSR count). The summed E-state index contributed by atoms with van der Waals surface area (Å²) >= 11 is 0. The second-order valence-corrected chi connectivity index (χ2v) is 4.98. The lowest BCUT2D eigenvalue weighted by Crippen LogP contribution is -2.43. The molecule has 0 aromatic heterocycles. The Kier molecular flexibility index (Phi) is 7.97. The number of methoxy groups -OCH3 is 1. The van der Waals surface area contributed by atoms with Gasteiger partial charge in [-0.25, -0.2) is 0 Å². The Morgan fingerprint density at radius 1 is 1.37 bits per heavy atom. The topological polar surface area (TPSA) is 79.2 Å². The standard InChI is InChI=1S/C13H25NO5/c1-18-6-7-19-10-12(15)8-14(9-13(16)17)11-4-2-3-5-11/h11-12,15H,2-10H2,1H3,(H,16,17). The van der Waals surface area contributed by atoms with Gasteiger partial charge in [0.25, 0.3) is 0 Å². The highest BCUT2D eigenvalue weighted by molar-refractivity contribution is 5.69. The van der Waals surface area contributed by atoms with E-state index in [1.54, 1.807) is 7.11 Å². The average molecular weight is 275 g/mol. The number of carboxylic acids is 1. The zero-order valence-electron chi connectivity index (χ0n) is 11.6. The van der Waals surface area contributed by atoms with Crippen molar-refractivity contribution in [3.8, 4) is 0 Å². The van der Waals surface area contributed by atoms with Gasteiger partial charge in [-0.05, 0) is 12.8 Å². The molecule has 0 radical (unpaired) electrons. The minimum absolute atomic E-state index is 0.0141. The third-order valence-electron chi connectivity index (χ3n) is 3.37. The smallest absolute Gasteiger partial charge is 0.317 e. The van der Waals surface area contributed by atoms with Gasteiger partial charge in [0.1, 0.15) is 0 Å². The van der Waals surface area contributed by atoms with Gasteiger partial charge in [0.2, 0.25) is 0 Å². The van der Waals surface area contributed by atoms with Gasteiger partial charge in [-0.15, -0.1) is 0 Å². The number of rotatable bonds is 10. The maximum Gasteiger partial charge on any atom is 0.317 e. The van der Waals surface area contributed by atoms with Crippen LogP contribution in [-0.2, 0) is 14.3 Å². The monoisotopic (exact) mass is 275 g/mol. The summed E-state index contributed by atoms with van der Waals surface area (Å²) in [7, 11) is 1.59. The molecule has 0 aromatic rings. The van der Waals surface area contributed by atoms with E-state index in [1.165, 1.54) is 0 Å². The third-order valence-corrected chi connectivity index (χ3v) is 3.37. The molecule has 0 aromatic carbocycles. The summed E-state index contributed by atoms with van der Waals surface area (Å²) in [6.07, 6.45) is 3.66. The normalized spacial score (nSPS) is 18.1. The van der Waals surface area contributed by atoms with E-state index in [2.05, 4.69) is 0 Å². The lowest BCUT2D eigenvalue weighted by atomic mass is 10.2. The zero-order valence-corrected chi connectivity index (χ0v) is 11.6. The molecule has 1 saturated carbocycles. The Labute approximate surface area is 114 Å². The maximum absolute atomic E-state index is 10.9. The quantitative estimate of drug-likeness (QED) is 0.560. The number of hydrogen-bond donors (Lipinski definition) is 2. The van der Waals surface area contributed by atoms with Crippen molar-refractivity contribution in [3.63, 3.8) is 0 Å². The van der Waals surface area contributed by atoms with Crippen LogP contribution in [0.4, 0.5) is 0 Å². The molecule has 1 aliphatic rings. The first-order valence-electron chi connectivity index (χ1n) is 6.84. The first-order chi connectivity index (χ1) is 9.13. The van der Waals surface area contributed by atoms with Crippen LogP contribution >= 0.6 is 0 Å². The zero-order chi connectivity index (χ0) is 14.1. The molecule has 1 unspecified atom stereocenters. The van der Waals surface area contributed by atoms with Crippen molar-refractivity contribution in [3.05, 3.63) is 0 Å². The fourth-order valence-corrected chi connectivity index (χ4v) is 2.47. The minimum Gasteiger partial charge on any atom is -0.480 e. The lowest BCUT2D eigenvalue weighted by Gasteiger charge is -2.29. The van der Waals surface area contributed by atoms with Crippen molar-refractivity contribution in [2.45, 2.75) is 37.8 Å². The van der Waals surface area contributed by atoms with E-state index in [4.69, 9.17) is 14.6 Å². The number of nitrogens with zero attached hydrogens (tertiary/aromatic N) is 1. The fraction of sp³-hybridized carbons (Fsp3) is 0.923. The Morgan fingerprint density at radius 3 is 2.63 bits per heavy atom. The van der Waals surface area contributed by atoms with E-state index in [9.17, 15) is 9.90 Å². The van der Waals surface area contributed by atoms with Gasteiger partial charge in [0.05, 0.1) is 32.5 Å². The highest BCUT2D eigenvalue weighted by atomic mass is 16.5. The van der Waals surface area contributed by atoms with Crippen LogP contribution in [0.1, 0.15) is 25.7 Å². The van der Waals surface area contributed by atoms with Gasteiger partial charge >= 0.3 is 5.97 Å². The van der Waals surface area contributed by atoms with Crippen molar-refractivity contribution in [2.24, 2.45) is 0 Å². The first-order valence-corrected chi connectivity index (χ1v) is 6.84. The van der Waals surface area contributed by atoms with Crippen molar-refractivity contribution in [1.29, 1.82) is 0 Å². The predicted molar refractivity (Wildman–Crippen MR) is 70.2 cm³/mol. The largest absolute Gasteiger partial charge is 0.480 e. The summed E-state index contributed by atoms with van der Waals surface area (Å²) in [5.74, 6) is -0.848. The van der Waals surface area contributed by atoms with Crippen molar-refractivity contribution < 1.29 is 24.5 Å². The minimum atomic E-state index is -0.848. The van der Waals surface area contributed by atoms with Gasteiger partial charge in [-0.1, -0.05) is 12.8 Å². The van der Waals surface area contributed by atoms with E-state index in [0.29, 0.717) is 19.8 Å². The molecular formula is C13H25NO5. The van der Waals surface area contributed by atoms with E-state index in [0.717, 1.165) is 25.7 Å². The van der Waals surface area contributed by atoms with Crippen molar-refractivity contribution in [1.82, 2.24) is 4.90 Å². The summed E-state index contributed by atoms with van der Waals surface area (Å²) in [6, 6.07) is 0.282. The van der Waals surface area contributed by atoms with Gasteiger partial charge in [0.15, 0.2) is 0 Å². The molecule has 2 N–H and O–H groups in total. The number of hydrogen-bond acceptors (Lipinski definition) is 5. The van der Waals surface area contributed by atoms with E-state index >= 15 is 0 Å². The first kappa shape index (κ1) is 16.4. The number of carbonyl (C=O) groups is 1. The Balaban J connectivity index is 2.31. The molecule has 0 heterocycles. The molecule has 112 valence electrons. The number of aliphatic carboxylic acids is 1. The summed E-state index contributed by atoms with van der Waals surface area (Å²) in [5.41, 5.74) is 0. The number of aliphatic hydroxyl groups is 1. The van der Waals surface area contributed by atoms with Gasteiger partial charge in [-0.2, -0.15) is 0 Å². The van der Waals surface area contributed by atoms with Gasteiger partial charge in [0, 0.05) is 19.7 Å². The lowest BCUT2D eigenvalue weighted by molar-refractivity contribution is -0.139. The Bertz CT molecular complexity index is 255. The molecule has 0 spiro atoms. The summed E-state index contributed by atoms with van der Waals surface area (Å²) in [4.78, 5) is 12.7. The van der Waals surface area contributed by atoms with Crippen LogP contribution in [0, 0.1) is 0 Å². The molecule has 6 nitrogen and oxygen atoms in total. The van der Waals surface area contributed by atoms with Crippen LogP contribution < -0.4 is 0 Å². The summed E-state index contributed by atoms with van der Waals surface area (Å²) < 4.78 is 10.1. The van der Waals surface area contributed by atoms with Crippen LogP contribution in [0.2, 0.25) is 0 Å². The predicted octanol–water partition coefficient (Wildman–Crippen LogP) is 0.340. The molecule has 0 bridgehead atoms. The van der Waals surface area contributed by atoms with Crippen molar-refractivity contribution in [2.75, 3.05) is 40.0 Å². The highest BCUT2D eigenvalue weighted by Crippen LogP contribution is 2.23. The summed E-state index contributed by atoms with van der Waals surface area (Å²) in [5, 5.41) is 18.8. The van der Waals surface area contributed by atoms with E-state index in [1.807, 2.05) is 4.90 Å². The molecule has 1 atom stereocenters. The van der Waals surface area contributed by atoms with Gasteiger partial charge in [-0.3, -0.25) is 9.69 Å². The molecule has 0 amide bonds. The molecule has 6 heteroatoms. The molecular weight excluding hydrogens is 250 g/mol. The summed E-state index contributed by atoms with van der Waals surface area (Å²) in [6.45, 7) is 1.49. The second-order valence-electron chi connectivity index (χ2n) is 4.98. The van der Waals surface area contributed by atoms with Gasteiger partial charge < -0.3 is 19.7 Å². The van der Waals surface area contributed by atoms with E-state index < -0.39 is 12.1 Å². The molecule has 1 aliphatic carbocycles. The number of carboxylic acid groups (broad SMARTS) is 1. The molecule has 19 heavy (non-hydrogen) atoms. The van der Waals surface area contributed by atoms with E-state index in [-0.39, 0.29) is 19.2 Å². The SMILES string of the molecule is COCCOCC(O)CN(CC(=O)O)C1CCCC1. The fourth-order valence-electron chi connectivity index (χ4n) is 2.47. The Morgan fingerprint density at radius 2 is 2.05 bits per heavy atom. The van der Waals surface area contributed by atoms with Crippen LogP contribution in [-0.4, -0.2) is 73.2 Å². The van der Waals surface area contributed by atoms with Crippen LogP contribution in [0.25, 0.3) is 0 Å².